The highest BCUT2D eigenvalue weighted by Gasteiger charge is 2.29. The lowest BCUT2D eigenvalue weighted by atomic mass is 9.85. The number of hydrogen-bond acceptors (Lipinski definition) is 4. The fourth-order valence-corrected chi connectivity index (χ4v) is 0.686. The number of hydrogen-bond donors (Lipinski definition) is 0. The average molecular weight is 216 g/mol. The molecular formula is C11H20O4. The third-order valence-corrected chi connectivity index (χ3v) is 1.92. The predicted octanol–water partition coefficient (Wildman–Crippen LogP) is 2.27. The van der Waals surface area contributed by atoms with E-state index < -0.39 is 17.0 Å². The summed E-state index contributed by atoms with van der Waals surface area (Å²) in [5, 5.41) is 0. The van der Waals surface area contributed by atoms with Gasteiger partial charge in [-0.1, -0.05) is 13.8 Å². The van der Waals surface area contributed by atoms with Crippen molar-refractivity contribution in [3.8, 4) is 0 Å². The van der Waals surface area contributed by atoms with Gasteiger partial charge in [-0.15, -0.1) is 0 Å². The molecular weight excluding hydrogens is 196 g/mol. The Kier molecular flexibility index (Phi) is 4.46. The molecule has 0 amide bonds. The van der Waals surface area contributed by atoms with Crippen LogP contribution in [-0.2, 0) is 19.4 Å². The third-order valence-electron chi connectivity index (χ3n) is 1.92. The Morgan fingerprint density at radius 1 is 1.07 bits per heavy atom. The molecule has 4 heteroatoms. The van der Waals surface area contributed by atoms with Crippen LogP contribution in [-0.4, -0.2) is 17.4 Å². The van der Waals surface area contributed by atoms with Gasteiger partial charge < -0.3 is 0 Å². The molecule has 0 N–H and O–H groups in total. The first kappa shape index (κ1) is 14.1. The lowest BCUT2D eigenvalue weighted by Crippen LogP contribution is -2.28. The van der Waals surface area contributed by atoms with Crippen LogP contribution in [0, 0.1) is 5.41 Å². The zero-order valence-corrected chi connectivity index (χ0v) is 10.3. The summed E-state index contributed by atoms with van der Waals surface area (Å²) in [6, 6.07) is 0. The molecule has 0 aliphatic rings. The van der Waals surface area contributed by atoms with Crippen LogP contribution in [0.5, 0.6) is 0 Å². The van der Waals surface area contributed by atoms with Crippen molar-refractivity contribution in [2.75, 3.05) is 0 Å². The summed E-state index contributed by atoms with van der Waals surface area (Å²) >= 11 is 0. The SMILES string of the molecule is CC(=O)C(C)(C)CC(=O)OOC(C)(C)C. The van der Waals surface area contributed by atoms with Gasteiger partial charge in [-0.3, -0.25) is 9.68 Å². The maximum absolute atomic E-state index is 11.3. The molecule has 0 aromatic carbocycles. The van der Waals surface area contributed by atoms with Crippen molar-refractivity contribution in [2.45, 2.75) is 53.6 Å². The molecule has 0 rings (SSSR count). The molecule has 0 atom stereocenters. The van der Waals surface area contributed by atoms with Crippen molar-refractivity contribution in [2.24, 2.45) is 5.41 Å². The van der Waals surface area contributed by atoms with Crippen molar-refractivity contribution in [3.63, 3.8) is 0 Å². The number of rotatable bonds is 4. The molecule has 0 bridgehead atoms. The van der Waals surface area contributed by atoms with Crippen LogP contribution in [0.25, 0.3) is 0 Å². The van der Waals surface area contributed by atoms with Gasteiger partial charge in [0, 0.05) is 5.41 Å². The van der Waals surface area contributed by atoms with Crippen LogP contribution in [0.15, 0.2) is 0 Å². The molecule has 0 aromatic rings. The van der Waals surface area contributed by atoms with Crippen molar-refractivity contribution in [1.29, 1.82) is 0 Å². The highest BCUT2D eigenvalue weighted by Crippen LogP contribution is 2.22. The fourth-order valence-electron chi connectivity index (χ4n) is 0.686. The Labute approximate surface area is 90.9 Å². The second-order valence-corrected chi connectivity index (χ2v) is 5.27. The van der Waals surface area contributed by atoms with Crippen LogP contribution in [0.2, 0.25) is 0 Å². The highest BCUT2D eigenvalue weighted by atomic mass is 17.2. The molecule has 15 heavy (non-hydrogen) atoms. The second kappa shape index (κ2) is 4.75. The average Bonchev–Trinajstić information content (AvgIpc) is 1.98. The number of ketones is 1. The molecule has 4 nitrogen and oxygen atoms in total. The molecule has 0 fully saturated rings. The predicted molar refractivity (Wildman–Crippen MR) is 56.0 cm³/mol. The van der Waals surface area contributed by atoms with E-state index in [4.69, 9.17) is 4.89 Å². The maximum Gasteiger partial charge on any atom is 0.343 e. The minimum Gasteiger partial charge on any atom is -0.299 e. The van der Waals surface area contributed by atoms with Gasteiger partial charge in [-0.2, -0.15) is 4.89 Å². The van der Waals surface area contributed by atoms with E-state index in [0.29, 0.717) is 0 Å². The topological polar surface area (TPSA) is 52.6 Å². The Morgan fingerprint density at radius 3 is 1.87 bits per heavy atom. The van der Waals surface area contributed by atoms with E-state index in [1.165, 1.54) is 6.92 Å². The number of Topliss-reactive ketones (excluding diaryl/α,β-unsaturated/α-hetero) is 1. The first-order valence-electron chi connectivity index (χ1n) is 4.94. The zero-order valence-electron chi connectivity index (χ0n) is 10.3. The Hall–Kier alpha value is -0.900. The molecule has 0 saturated heterocycles. The van der Waals surface area contributed by atoms with Gasteiger partial charge in [0.1, 0.15) is 11.4 Å². The largest absolute Gasteiger partial charge is 0.343 e. The normalized spacial score (nSPS) is 12.4. The van der Waals surface area contributed by atoms with E-state index in [9.17, 15) is 9.59 Å². The van der Waals surface area contributed by atoms with Gasteiger partial charge in [0.2, 0.25) is 0 Å². The van der Waals surface area contributed by atoms with Gasteiger partial charge >= 0.3 is 5.97 Å². The van der Waals surface area contributed by atoms with Gasteiger partial charge in [-0.05, 0) is 27.7 Å². The van der Waals surface area contributed by atoms with Gasteiger partial charge in [-0.25, -0.2) is 4.79 Å². The van der Waals surface area contributed by atoms with E-state index in [-0.39, 0.29) is 12.2 Å². The summed E-state index contributed by atoms with van der Waals surface area (Å²) in [6.07, 6.45) is 0.0262. The van der Waals surface area contributed by atoms with Crippen molar-refractivity contribution in [1.82, 2.24) is 0 Å². The van der Waals surface area contributed by atoms with Crippen molar-refractivity contribution >= 4 is 11.8 Å². The molecule has 0 saturated carbocycles. The first-order chi connectivity index (χ1) is 6.54. The third kappa shape index (κ3) is 6.23. The van der Waals surface area contributed by atoms with Crippen molar-refractivity contribution in [3.05, 3.63) is 0 Å². The first-order valence-corrected chi connectivity index (χ1v) is 4.94. The summed E-state index contributed by atoms with van der Waals surface area (Å²) in [5.41, 5.74) is -1.23. The zero-order chi connectivity index (χ0) is 12.3. The Balaban J connectivity index is 4.11. The second-order valence-electron chi connectivity index (χ2n) is 5.27. The van der Waals surface area contributed by atoms with Crippen LogP contribution in [0.1, 0.15) is 48.0 Å². The van der Waals surface area contributed by atoms with E-state index in [1.807, 2.05) is 0 Å². The van der Waals surface area contributed by atoms with Crippen molar-refractivity contribution < 1.29 is 19.4 Å². The molecule has 88 valence electrons. The lowest BCUT2D eigenvalue weighted by molar-refractivity contribution is -0.321. The Morgan fingerprint density at radius 2 is 1.53 bits per heavy atom. The number of carbonyl (C=O) groups is 2. The summed E-state index contributed by atoms with van der Waals surface area (Å²) in [4.78, 5) is 31.9. The molecule has 0 spiro atoms. The fraction of sp³-hybridized carbons (Fsp3) is 0.818. The summed E-state index contributed by atoms with van der Waals surface area (Å²) in [7, 11) is 0. The van der Waals surface area contributed by atoms with E-state index in [0.717, 1.165) is 0 Å². The van der Waals surface area contributed by atoms with Gasteiger partial charge in [0.05, 0.1) is 6.42 Å². The van der Waals surface area contributed by atoms with E-state index >= 15 is 0 Å². The van der Waals surface area contributed by atoms with Gasteiger partial charge in [0.25, 0.3) is 0 Å². The molecule has 0 aliphatic heterocycles. The minimum atomic E-state index is -0.696. The van der Waals surface area contributed by atoms with Crippen LogP contribution < -0.4 is 0 Å². The van der Waals surface area contributed by atoms with E-state index in [1.54, 1.807) is 34.6 Å². The maximum atomic E-state index is 11.3. The molecule has 0 unspecified atom stereocenters. The summed E-state index contributed by atoms with van der Waals surface area (Å²) in [6.45, 7) is 10.2. The smallest absolute Gasteiger partial charge is 0.299 e. The quantitative estimate of drug-likeness (QED) is 0.534. The molecule has 0 radical (unpaired) electrons. The molecule has 0 aromatic heterocycles. The Bertz CT molecular complexity index is 248. The van der Waals surface area contributed by atoms with Gasteiger partial charge in [0.15, 0.2) is 0 Å². The van der Waals surface area contributed by atoms with E-state index in [2.05, 4.69) is 4.89 Å². The molecule has 0 aliphatic carbocycles. The molecule has 0 heterocycles. The standard InChI is InChI=1S/C11H20O4/c1-8(12)11(5,6)7-9(13)14-15-10(2,3)4/h7H2,1-6H3. The number of carbonyl (C=O) groups excluding carboxylic acids is 2. The minimum absolute atomic E-state index is 0.0262. The van der Waals surface area contributed by atoms with Crippen LogP contribution >= 0.6 is 0 Å². The summed E-state index contributed by atoms with van der Waals surface area (Å²) < 4.78 is 0. The summed E-state index contributed by atoms with van der Waals surface area (Å²) in [5.74, 6) is -0.569. The highest BCUT2D eigenvalue weighted by molar-refractivity contribution is 5.86. The van der Waals surface area contributed by atoms with Crippen LogP contribution in [0.4, 0.5) is 0 Å². The lowest BCUT2D eigenvalue weighted by Gasteiger charge is -2.21. The van der Waals surface area contributed by atoms with Crippen LogP contribution in [0.3, 0.4) is 0 Å². The monoisotopic (exact) mass is 216 g/mol.